The molecule has 0 saturated heterocycles. The lowest BCUT2D eigenvalue weighted by atomic mass is 10.0. The minimum absolute atomic E-state index is 0.0720. The standard InChI is InChI=1S/C23H19ClN2O2/c1-27-18-12-8-15(9-13-18)20-14-21-19-4-2-3-5-22(19)28-23(26(21)25-20)16-6-10-17(24)11-7-16/h2-14,21,23,25H,1H3/t21-,23+/m1/s1. The number of nitrogens with one attached hydrogen (secondary N) is 1. The fourth-order valence-electron chi connectivity index (χ4n) is 3.72. The maximum absolute atomic E-state index is 6.36. The highest BCUT2D eigenvalue weighted by Crippen LogP contribution is 2.45. The number of ether oxygens (including phenoxy) is 2. The van der Waals surface area contributed by atoms with Gasteiger partial charge in [-0.1, -0.05) is 41.9 Å². The molecule has 140 valence electrons. The van der Waals surface area contributed by atoms with Crippen molar-refractivity contribution in [3.8, 4) is 11.5 Å². The largest absolute Gasteiger partial charge is 0.497 e. The van der Waals surface area contributed by atoms with Crippen molar-refractivity contribution in [3.63, 3.8) is 0 Å². The highest BCUT2D eigenvalue weighted by Gasteiger charge is 2.39. The zero-order valence-corrected chi connectivity index (χ0v) is 16.1. The predicted molar refractivity (Wildman–Crippen MR) is 110 cm³/mol. The Bertz CT molecular complexity index is 1030. The summed E-state index contributed by atoms with van der Waals surface area (Å²) in [5.74, 6) is 1.74. The van der Waals surface area contributed by atoms with Gasteiger partial charge >= 0.3 is 0 Å². The molecular weight excluding hydrogens is 372 g/mol. The Labute approximate surface area is 168 Å². The quantitative estimate of drug-likeness (QED) is 0.654. The molecule has 2 atom stereocenters. The van der Waals surface area contributed by atoms with Gasteiger partial charge in [0, 0.05) is 16.1 Å². The van der Waals surface area contributed by atoms with E-state index in [1.54, 1.807) is 7.11 Å². The lowest BCUT2D eigenvalue weighted by Crippen LogP contribution is -2.43. The number of methoxy groups -OCH3 is 1. The van der Waals surface area contributed by atoms with Crippen molar-refractivity contribution >= 4 is 17.3 Å². The zero-order valence-electron chi connectivity index (χ0n) is 15.3. The second kappa shape index (κ2) is 6.89. The van der Waals surface area contributed by atoms with Crippen molar-refractivity contribution in [3.05, 3.63) is 101 Å². The van der Waals surface area contributed by atoms with Gasteiger partial charge in [-0.2, -0.15) is 5.01 Å². The average Bonchev–Trinajstić information content (AvgIpc) is 3.20. The van der Waals surface area contributed by atoms with Gasteiger partial charge in [0.25, 0.3) is 0 Å². The normalized spacial score (nSPS) is 20.4. The van der Waals surface area contributed by atoms with Crippen LogP contribution in [-0.4, -0.2) is 12.1 Å². The second-order valence-electron chi connectivity index (χ2n) is 6.83. The number of hydrogen-bond acceptors (Lipinski definition) is 4. The molecule has 0 unspecified atom stereocenters. The summed E-state index contributed by atoms with van der Waals surface area (Å²) in [5, 5.41) is 2.86. The molecule has 3 aromatic carbocycles. The van der Waals surface area contributed by atoms with E-state index in [9.17, 15) is 0 Å². The van der Waals surface area contributed by atoms with Crippen molar-refractivity contribution in [1.82, 2.24) is 10.4 Å². The molecule has 0 radical (unpaired) electrons. The summed E-state index contributed by atoms with van der Waals surface area (Å²) in [6.45, 7) is 0. The van der Waals surface area contributed by atoms with E-state index < -0.39 is 0 Å². The number of fused-ring (bicyclic) bond motifs is 3. The van der Waals surface area contributed by atoms with Gasteiger partial charge < -0.3 is 14.9 Å². The first-order valence-electron chi connectivity index (χ1n) is 9.15. The van der Waals surface area contributed by atoms with E-state index in [-0.39, 0.29) is 12.3 Å². The van der Waals surface area contributed by atoms with Crippen LogP contribution in [-0.2, 0) is 0 Å². The maximum Gasteiger partial charge on any atom is 0.195 e. The topological polar surface area (TPSA) is 33.7 Å². The van der Waals surface area contributed by atoms with E-state index in [1.807, 2.05) is 54.6 Å². The van der Waals surface area contributed by atoms with Crippen LogP contribution in [0.3, 0.4) is 0 Å². The van der Waals surface area contributed by atoms with Gasteiger partial charge in [0.2, 0.25) is 0 Å². The molecule has 0 aliphatic carbocycles. The number of nitrogens with zero attached hydrogens (tertiary/aromatic N) is 1. The first kappa shape index (κ1) is 17.2. The van der Waals surface area contributed by atoms with E-state index in [1.165, 1.54) is 0 Å². The fraction of sp³-hybridized carbons (Fsp3) is 0.130. The van der Waals surface area contributed by atoms with Crippen LogP contribution < -0.4 is 14.9 Å². The second-order valence-corrected chi connectivity index (χ2v) is 7.27. The van der Waals surface area contributed by atoms with Gasteiger partial charge in [0.1, 0.15) is 11.5 Å². The van der Waals surface area contributed by atoms with Gasteiger partial charge in [-0.25, -0.2) is 0 Å². The van der Waals surface area contributed by atoms with Gasteiger partial charge in [0.15, 0.2) is 6.23 Å². The van der Waals surface area contributed by atoms with Gasteiger partial charge in [0.05, 0.1) is 18.8 Å². The monoisotopic (exact) mass is 390 g/mol. The Kier molecular flexibility index (Phi) is 4.23. The van der Waals surface area contributed by atoms with Crippen molar-refractivity contribution in [2.24, 2.45) is 0 Å². The van der Waals surface area contributed by atoms with Crippen LogP contribution >= 0.6 is 11.6 Å². The molecule has 3 aromatic rings. The number of halogens is 1. The molecule has 0 bridgehead atoms. The van der Waals surface area contributed by atoms with E-state index in [0.717, 1.165) is 33.9 Å². The molecule has 4 nitrogen and oxygen atoms in total. The third-order valence-electron chi connectivity index (χ3n) is 5.16. The molecule has 28 heavy (non-hydrogen) atoms. The van der Waals surface area contributed by atoms with Gasteiger partial charge in [-0.3, -0.25) is 0 Å². The molecule has 2 heterocycles. The van der Waals surface area contributed by atoms with Crippen LogP contribution in [0, 0.1) is 0 Å². The Morgan fingerprint density at radius 3 is 2.46 bits per heavy atom. The summed E-state index contributed by atoms with van der Waals surface area (Å²) in [7, 11) is 1.67. The first-order valence-corrected chi connectivity index (χ1v) is 9.53. The molecule has 5 heteroatoms. The SMILES string of the molecule is COc1ccc(C2=C[C@@H]3c4ccccc4O[C@@H](c4ccc(Cl)cc4)N3N2)cc1. The highest BCUT2D eigenvalue weighted by atomic mass is 35.5. The smallest absolute Gasteiger partial charge is 0.195 e. The Morgan fingerprint density at radius 2 is 1.71 bits per heavy atom. The van der Waals surface area contributed by atoms with Crippen molar-refractivity contribution in [2.75, 3.05) is 7.11 Å². The van der Waals surface area contributed by atoms with Crippen LogP contribution in [0.1, 0.15) is 29.0 Å². The van der Waals surface area contributed by atoms with Crippen LogP contribution in [0.4, 0.5) is 0 Å². The summed E-state index contributed by atoms with van der Waals surface area (Å²) >= 11 is 6.08. The fourth-order valence-corrected chi connectivity index (χ4v) is 3.85. The van der Waals surface area contributed by atoms with Crippen molar-refractivity contribution in [1.29, 1.82) is 0 Å². The molecular formula is C23H19ClN2O2. The summed E-state index contributed by atoms with van der Waals surface area (Å²) in [4.78, 5) is 0. The van der Waals surface area contributed by atoms with E-state index in [4.69, 9.17) is 21.1 Å². The van der Waals surface area contributed by atoms with Crippen LogP contribution in [0.5, 0.6) is 11.5 Å². The number of hydrazine groups is 1. The number of rotatable bonds is 3. The molecule has 0 aromatic heterocycles. The van der Waals surface area contributed by atoms with E-state index >= 15 is 0 Å². The molecule has 0 fully saturated rings. The van der Waals surface area contributed by atoms with E-state index in [0.29, 0.717) is 5.02 Å². The Morgan fingerprint density at radius 1 is 0.964 bits per heavy atom. The molecule has 1 N–H and O–H groups in total. The van der Waals surface area contributed by atoms with Gasteiger partial charge in [-0.15, -0.1) is 0 Å². The predicted octanol–water partition coefficient (Wildman–Crippen LogP) is 5.34. The third-order valence-corrected chi connectivity index (χ3v) is 5.41. The third kappa shape index (κ3) is 2.91. The van der Waals surface area contributed by atoms with Crippen molar-refractivity contribution in [2.45, 2.75) is 12.3 Å². The Balaban J connectivity index is 1.55. The average molecular weight is 391 g/mol. The number of para-hydroxylation sites is 1. The van der Waals surface area contributed by atoms with Crippen LogP contribution in [0.2, 0.25) is 5.02 Å². The van der Waals surface area contributed by atoms with E-state index in [2.05, 4.69) is 34.7 Å². The Hall–Kier alpha value is -2.95. The number of hydrogen-bond donors (Lipinski definition) is 1. The van der Waals surface area contributed by atoms with Gasteiger partial charge in [-0.05, 0) is 54.1 Å². The summed E-state index contributed by atoms with van der Waals surface area (Å²) in [6, 6.07) is 24.1. The maximum atomic E-state index is 6.36. The lowest BCUT2D eigenvalue weighted by Gasteiger charge is -2.38. The zero-order chi connectivity index (χ0) is 19.1. The molecule has 2 aliphatic heterocycles. The first-order chi connectivity index (χ1) is 13.7. The van der Waals surface area contributed by atoms with Crippen LogP contribution in [0.15, 0.2) is 78.9 Å². The molecule has 0 spiro atoms. The molecule has 0 saturated carbocycles. The molecule has 2 aliphatic rings. The number of benzene rings is 3. The lowest BCUT2D eigenvalue weighted by molar-refractivity contribution is -0.0326. The summed E-state index contributed by atoms with van der Waals surface area (Å²) in [6.07, 6.45) is 1.98. The summed E-state index contributed by atoms with van der Waals surface area (Å²) < 4.78 is 11.6. The van der Waals surface area contributed by atoms with Crippen molar-refractivity contribution < 1.29 is 9.47 Å². The molecule has 5 rings (SSSR count). The molecule has 0 amide bonds. The summed E-state index contributed by atoms with van der Waals surface area (Å²) in [5.41, 5.74) is 7.88. The van der Waals surface area contributed by atoms with Crippen LogP contribution in [0.25, 0.3) is 5.70 Å². The highest BCUT2D eigenvalue weighted by molar-refractivity contribution is 6.30. The minimum atomic E-state index is -0.260. The minimum Gasteiger partial charge on any atom is -0.497 e.